The van der Waals surface area contributed by atoms with Gasteiger partial charge < -0.3 is 0 Å². The van der Waals surface area contributed by atoms with Gasteiger partial charge in [0.25, 0.3) is 0 Å². The maximum absolute atomic E-state index is 12.6. The molecule has 0 spiro atoms. The van der Waals surface area contributed by atoms with Crippen LogP contribution in [-0.2, 0) is 10.0 Å². The van der Waals surface area contributed by atoms with E-state index in [9.17, 15) is 8.42 Å². The lowest BCUT2D eigenvalue weighted by Gasteiger charge is -2.31. The first-order valence-electron chi connectivity index (χ1n) is 6.46. The maximum Gasteiger partial charge on any atom is 0.243 e. The number of hydrogen-bond acceptors (Lipinski definition) is 2. The van der Waals surface area contributed by atoms with Gasteiger partial charge in [0.15, 0.2) is 0 Å². The molecule has 2 rings (SSSR count). The number of alkyl halides is 1. The topological polar surface area (TPSA) is 37.4 Å². The van der Waals surface area contributed by atoms with Crippen LogP contribution in [0.25, 0.3) is 0 Å². The highest BCUT2D eigenvalue weighted by molar-refractivity contribution is 7.89. The predicted molar refractivity (Wildman–Crippen MR) is 83.3 cm³/mol. The van der Waals surface area contributed by atoms with Crippen LogP contribution in [0.3, 0.4) is 0 Å². The van der Waals surface area contributed by atoms with Crippen molar-refractivity contribution in [1.29, 1.82) is 0 Å². The highest BCUT2D eigenvalue weighted by Gasteiger charge is 2.30. The van der Waals surface area contributed by atoms with E-state index in [1.165, 1.54) is 22.5 Å². The summed E-state index contributed by atoms with van der Waals surface area (Å²) in [7, 11) is -3.51. The van der Waals surface area contributed by atoms with Crippen molar-refractivity contribution >= 4 is 44.8 Å². The second-order valence-electron chi connectivity index (χ2n) is 4.92. The maximum atomic E-state index is 12.6. The molecule has 1 unspecified atom stereocenters. The molecule has 20 heavy (non-hydrogen) atoms. The molecule has 1 atom stereocenters. The second kappa shape index (κ2) is 6.84. The quantitative estimate of drug-likeness (QED) is 0.764. The van der Waals surface area contributed by atoms with Crippen LogP contribution in [0.4, 0.5) is 0 Å². The van der Waals surface area contributed by atoms with Gasteiger partial charge in [-0.3, -0.25) is 0 Å². The van der Waals surface area contributed by atoms with Gasteiger partial charge in [-0.2, -0.15) is 4.31 Å². The summed E-state index contributed by atoms with van der Waals surface area (Å²) < 4.78 is 26.7. The van der Waals surface area contributed by atoms with Crippen molar-refractivity contribution < 1.29 is 8.42 Å². The Kier molecular flexibility index (Phi) is 5.60. The van der Waals surface area contributed by atoms with Crippen LogP contribution in [0.2, 0.25) is 10.0 Å². The number of halogens is 3. The summed E-state index contributed by atoms with van der Waals surface area (Å²) in [6.45, 7) is 1.07. The standard InChI is InChI=1S/C13H16Cl3NO2S/c14-6-5-10-2-1-7-17(9-10)20(18,19)11-3-4-12(15)13(16)8-11/h3-4,8,10H,1-2,5-7,9H2. The van der Waals surface area contributed by atoms with Crippen LogP contribution < -0.4 is 0 Å². The SMILES string of the molecule is O=S(=O)(c1ccc(Cl)c(Cl)c1)N1CCCC(CCCl)C1. The van der Waals surface area contributed by atoms with E-state index in [0.29, 0.717) is 29.9 Å². The fourth-order valence-corrected chi connectivity index (χ4v) is 4.67. The van der Waals surface area contributed by atoms with E-state index >= 15 is 0 Å². The van der Waals surface area contributed by atoms with Crippen LogP contribution in [0.1, 0.15) is 19.3 Å². The third-order valence-corrected chi connectivity index (χ3v) is 6.35. The number of nitrogens with zero attached hydrogens (tertiary/aromatic N) is 1. The normalized spacial score (nSPS) is 21.1. The molecule has 1 aromatic carbocycles. The average molecular weight is 357 g/mol. The van der Waals surface area contributed by atoms with Gasteiger partial charge >= 0.3 is 0 Å². The van der Waals surface area contributed by atoms with Crippen LogP contribution in [0.15, 0.2) is 23.1 Å². The zero-order valence-electron chi connectivity index (χ0n) is 10.9. The van der Waals surface area contributed by atoms with Gasteiger partial charge in [0.05, 0.1) is 14.9 Å². The van der Waals surface area contributed by atoms with Crippen molar-refractivity contribution in [3.05, 3.63) is 28.2 Å². The largest absolute Gasteiger partial charge is 0.243 e. The molecule has 0 radical (unpaired) electrons. The Hall–Kier alpha value is -0.000000000000000111. The number of rotatable bonds is 4. The number of piperidine rings is 1. The van der Waals surface area contributed by atoms with Gasteiger partial charge in [-0.1, -0.05) is 23.2 Å². The smallest absolute Gasteiger partial charge is 0.207 e. The van der Waals surface area contributed by atoms with Crippen molar-refractivity contribution in [2.24, 2.45) is 5.92 Å². The summed E-state index contributed by atoms with van der Waals surface area (Å²) in [4.78, 5) is 0.193. The van der Waals surface area contributed by atoms with Crippen molar-refractivity contribution in [3.63, 3.8) is 0 Å². The first kappa shape index (κ1) is 16.4. The summed E-state index contributed by atoms with van der Waals surface area (Å²) in [6.07, 6.45) is 2.73. The van der Waals surface area contributed by atoms with Crippen LogP contribution >= 0.6 is 34.8 Å². The number of hydrogen-bond donors (Lipinski definition) is 0. The fourth-order valence-electron chi connectivity index (χ4n) is 2.42. The minimum Gasteiger partial charge on any atom is -0.207 e. The molecule has 1 aliphatic rings. The van der Waals surface area contributed by atoms with Crippen molar-refractivity contribution in [1.82, 2.24) is 4.31 Å². The summed E-state index contributed by atoms with van der Waals surface area (Å²) in [5, 5.41) is 0.603. The van der Waals surface area contributed by atoms with Crippen molar-refractivity contribution in [2.45, 2.75) is 24.2 Å². The molecule has 3 nitrogen and oxygen atoms in total. The van der Waals surface area contributed by atoms with E-state index < -0.39 is 10.0 Å². The summed E-state index contributed by atoms with van der Waals surface area (Å²) in [5.41, 5.74) is 0. The van der Waals surface area contributed by atoms with Crippen molar-refractivity contribution in [3.8, 4) is 0 Å². The third-order valence-electron chi connectivity index (χ3n) is 3.53. The van der Waals surface area contributed by atoms with Crippen molar-refractivity contribution in [2.75, 3.05) is 19.0 Å². The molecule has 1 aromatic rings. The lowest BCUT2D eigenvalue weighted by atomic mass is 9.97. The van der Waals surface area contributed by atoms with Gasteiger partial charge in [0, 0.05) is 19.0 Å². The summed E-state index contributed by atoms with van der Waals surface area (Å²) in [5.74, 6) is 0.893. The van der Waals surface area contributed by atoms with Crippen LogP contribution in [0.5, 0.6) is 0 Å². The minimum absolute atomic E-state index is 0.193. The summed E-state index contributed by atoms with van der Waals surface area (Å²) >= 11 is 17.5. The lowest BCUT2D eigenvalue weighted by molar-refractivity contribution is 0.262. The Bertz CT molecular complexity index is 575. The highest BCUT2D eigenvalue weighted by atomic mass is 35.5. The van der Waals surface area contributed by atoms with Gasteiger partial charge in [-0.05, 0) is 43.4 Å². The molecular weight excluding hydrogens is 341 g/mol. The average Bonchev–Trinajstić information content (AvgIpc) is 2.42. The molecule has 0 aromatic heterocycles. The Morgan fingerprint density at radius 3 is 2.65 bits per heavy atom. The van der Waals surface area contributed by atoms with E-state index in [2.05, 4.69) is 0 Å². The third kappa shape index (κ3) is 3.60. The van der Waals surface area contributed by atoms with Gasteiger partial charge in [-0.25, -0.2) is 8.42 Å². The van der Waals surface area contributed by atoms with E-state index in [1.807, 2.05) is 0 Å². The second-order valence-corrected chi connectivity index (χ2v) is 8.06. The molecule has 0 bridgehead atoms. The van der Waals surface area contributed by atoms with Crippen LogP contribution in [0, 0.1) is 5.92 Å². The monoisotopic (exact) mass is 355 g/mol. The van der Waals surface area contributed by atoms with E-state index in [0.717, 1.165) is 19.3 Å². The molecule has 7 heteroatoms. The fraction of sp³-hybridized carbons (Fsp3) is 0.538. The molecule has 0 amide bonds. The molecule has 1 fully saturated rings. The molecule has 112 valence electrons. The van der Waals surface area contributed by atoms with Gasteiger partial charge in [0.1, 0.15) is 0 Å². The Morgan fingerprint density at radius 1 is 1.25 bits per heavy atom. The molecule has 1 saturated heterocycles. The zero-order valence-corrected chi connectivity index (χ0v) is 13.9. The number of sulfonamides is 1. The predicted octanol–water partition coefficient (Wildman–Crippen LogP) is 4.02. The van der Waals surface area contributed by atoms with E-state index in [1.54, 1.807) is 0 Å². The molecule has 1 heterocycles. The van der Waals surface area contributed by atoms with Gasteiger partial charge in [0.2, 0.25) is 10.0 Å². The van der Waals surface area contributed by atoms with Gasteiger partial charge in [-0.15, -0.1) is 11.6 Å². The summed E-state index contributed by atoms with van der Waals surface area (Å²) in [6, 6.07) is 4.41. The Labute approximate surface area is 134 Å². The molecule has 0 saturated carbocycles. The zero-order chi connectivity index (χ0) is 14.8. The van der Waals surface area contributed by atoms with E-state index in [4.69, 9.17) is 34.8 Å². The lowest BCUT2D eigenvalue weighted by Crippen LogP contribution is -2.40. The highest BCUT2D eigenvalue weighted by Crippen LogP contribution is 2.29. The minimum atomic E-state index is -3.51. The number of benzene rings is 1. The molecular formula is C13H16Cl3NO2S. The first-order valence-corrected chi connectivity index (χ1v) is 9.19. The van der Waals surface area contributed by atoms with Crippen LogP contribution in [-0.4, -0.2) is 31.7 Å². The Morgan fingerprint density at radius 2 is 2.00 bits per heavy atom. The Balaban J connectivity index is 2.23. The molecule has 0 aliphatic carbocycles. The molecule has 1 aliphatic heterocycles. The molecule has 0 N–H and O–H groups in total. The first-order chi connectivity index (χ1) is 9.45. The van der Waals surface area contributed by atoms with E-state index in [-0.39, 0.29) is 9.92 Å².